The van der Waals surface area contributed by atoms with E-state index in [9.17, 15) is 9.90 Å². The Morgan fingerprint density at radius 3 is 2.39 bits per heavy atom. The van der Waals surface area contributed by atoms with Gasteiger partial charge in [-0.1, -0.05) is 48.0 Å². The highest BCUT2D eigenvalue weighted by atomic mass is 35.5. The number of benzene rings is 3. The molecule has 0 aliphatic heterocycles. The van der Waals surface area contributed by atoms with Crippen LogP contribution in [-0.2, 0) is 0 Å². The SMILES string of the molecule is O=C(NN=Cc1ccc(Cl)cc1)c1cc2ccccc2cc1O. The van der Waals surface area contributed by atoms with Crippen molar-refractivity contribution in [3.05, 3.63) is 76.8 Å². The van der Waals surface area contributed by atoms with Crippen LogP contribution in [0.1, 0.15) is 15.9 Å². The fourth-order valence-electron chi connectivity index (χ4n) is 2.18. The van der Waals surface area contributed by atoms with Gasteiger partial charge in [0.05, 0.1) is 11.8 Å². The molecular weight excluding hydrogens is 312 g/mol. The van der Waals surface area contributed by atoms with Gasteiger partial charge in [-0.25, -0.2) is 5.43 Å². The second kappa shape index (κ2) is 6.50. The molecule has 0 aromatic heterocycles. The molecule has 0 atom stereocenters. The largest absolute Gasteiger partial charge is 0.507 e. The number of amides is 1. The summed E-state index contributed by atoms with van der Waals surface area (Å²) in [5.41, 5.74) is 3.39. The van der Waals surface area contributed by atoms with Crippen molar-refractivity contribution in [2.75, 3.05) is 0 Å². The van der Waals surface area contributed by atoms with Gasteiger partial charge < -0.3 is 5.11 Å². The highest BCUT2D eigenvalue weighted by Gasteiger charge is 2.11. The number of hydrazone groups is 1. The third kappa shape index (κ3) is 3.49. The molecule has 3 aromatic rings. The Morgan fingerprint density at radius 1 is 1.04 bits per heavy atom. The molecule has 1 amide bonds. The van der Waals surface area contributed by atoms with E-state index >= 15 is 0 Å². The van der Waals surface area contributed by atoms with Gasteiger partial charge in [0, 0.05) is 5.02 Å². The van der Waals surface area contributed by atoms with E-state index in [2.05, 4.69) is 10.5 Å². The zero-order chi connectivity index (χ0) is 16.2. The van der Waals surface area contributed by atoms with E-state index < -0.39 is 5.91 Å². The molecule has 0 radical (unpaired) electrons. The number of carbonyl (C=O) groups is 1. The van der Waals surface area contributed by atoms with Crippen LogP contribution in [0, 0.1) is 0 Å². The summed E-state index contributed by atoms with van der Waals surface area (Å²) in [6, 6.07) is 17.7. The molecule has 2 N–H and O–H groups in total. The monoisotopic (exact) mass is 324 g/mol. The predicted octanol–water partition coefficient (Wildman–Crippen LogP) is 3.96. The van der Waals surface area contributed by atoms with Crippen LogP contribution in [0.4, 0.5) is 0 Å². The predicted molar refractivity (Wildman–Crippen MR) is 92.1 cm³/mol. The van der Waals surface area contributed by atoms with Gasteiger partial charge in [0.2, 0.25) is 0 Å². The highest BCUT2D eigenvalue weighted by Crippen LogP contribution is 2.24. The Bertz CT molecular complexity index is 889. The van der Waals surface area contributed by atoms with Gasteiger partial charge in [-0.15, -0.1) is 0 Å². The van der Waals surface area contributed by atoms with Crippen LogP contribution in [0.25, 0.3) is 10.8 Å². The average Bonchev–Trinajstić information content (AvgIpc) is 2.56. The average molecular weight is 325 g/mol. The molecule has 114 valence electrons. The van der Waals surface area contributed by atoms with E-state index in [4.69, 9.17) is 11.6 Å². The van der Waals surface area contributed by atoms with Crippen LogP contribution in [0.3, 0.4) is 0 Å². The van der Waals surface area contributed by atoms with Crippen molar-refractivity contribution in [2.24, 2.45) is 5.10 Å². The van der Waals surface area contributed by atoms with Crippen molar-refractivity contribution in [3.8, 4) is 5.75 Å². The lowest BCUT2D eigenvalue weighted by molar-refractivity contribution is 0.0952. The van der Waals surface area contributed by atoms with Crippen molar-refractivity contribution in [2.45, 2.75) is 0 Å². The fraction of sp³-hybridized carbons (Fsp3) is 0. The van der Waals surface area contributed by atoms with Crippen molar-refractivity contribution in [1.29, 1.82) is 0 Å². The number of hydrogen-bond donors (Lipinski definition) is 2. The maximum absolute atomic E-state index is 12.1. The van der Waals surface area contributed by atoms with Crippen LogP contribution in [0.15, 0.2) is 65.8 Å². The number of phenols is 1. The molecule has 0 saturated heterocycles. The first-order chi connectivity index (χ1) is 11.1. The van der Waals surface area contributed by atoms with Crippen LogP contribution >= 0.6 is 11.6 Å². The van der Waals surface area contributed by atoms with E-state index in [0.29, 0.717) is 5.02 Å². The minimum absolute atomic E-state index is 0.0807. The van der Waals surface area contributed by atoms with Crippen molar-refractivity contribution >= 4 is 34.5 Å². The molecule has 0 saturated carbocycles. The van der Waals surface area contributed by atoms with Gasteiger partial charge in [0.15, 0.2) is 0 Å². The summed E-state index contributed by atoms with van der Waals surface area (Å²) in [5.74, 6) is -0.554. The molecule has 3 rings (SSSR count). The summed E-state index contributed by atoms with van der Waals surface area (Å²) in [4.78, 5) is 12.1. The first-order valence-electron chi connectivity index (χ1n) is 6.94. The Kier molecular flexibility index (Phi) is 4.26. The van der Waals surface area contributed by atoms with Gasteiger partial charge in [0.25, 0.3) is 5.91 Å². The van der Waals surface area contributed by atoms with Gasteiger partial charge in [-0.05, 0) is 40.6 Å². The first-order valence-corrected chi connectivity index (χ1v) is 7.32. The minimum atomic E-state index is -0.474. The lowest BCUT2D eigenvalue weighted by atomic mass is 10.1. The number of nitrogens with zero attached hydrogens (tertiary/aromatic N) is 1. The normalized spacial score (nSPS) is 11.0. The Hall–Kier alpha value is -2.85. The number of rotatable bonds is 3. The smallest absolute Gasteiger partial charge is 0.275 e. The zero-order valence-corrected chi connectivity index (χ0v) is 12.8. The molecule has 0 spiro atoms. The van der Waals surface area contributed by atoms with Crippen LogP contribution < -0.4 is 5.43 Å². The van der Waals surface area contributed by atoms with E-state index in [-0.39, 0.29) is 11.3 Å². The van der Waals surface area contributed by atoms with Gasteiger partial charge in [-0.2, -0.15) is 5.10 Å². The standard InChI is InChI=1S/C18H13ClN2O2/c19-15-7-5-12(6-8-15)11-20-21-18(23)16-9-13-3-1-2-4-14(13)10-17(16)22/h1-11,22H,(H,21,23). The number of carbonyl (C=O) groups excluding carboxylic acids is 1. The number of halogens is 1. The zero-order valence-electron chi connectivity index (χ0n) is 12.0. The third-order valence-corrected chi connectivity index (χ3v) is 3.61. The van der Waals surface area contributed by atoms with E-state index in [0.717, 1.165) is 16.3 Å². The number of phenolic OH excluding ortho intramolecular Hbond substituents is 1. The van der Waals surface area contributed by atoms with E-state index in [1.54, 1.807) is 36.4 Å². The lowest BCUT2D eigenvalue weighted by Crippen LogP contribution is -2.17. The lowest BCUT2D eigenvalue weighted by Gasteiger charge is -2.05. The maximum Gasteiger partial charge on any atom is 0.275 e. The van der Waals surface area contributed by atoms with Gasteiger partial charge in [-0.3, -0.25) is 4.79 Å². The maximum atomic E-state index is 12.1. The molecule has 5 heteroatoms. The molecule has 0 heterocycles. The summed E-state index contributed by atoms with van der Waals surface area (Å²) < 4.78 is 0. The minimum Gasteiger partial charge on any atom is -0.507 e. The molecule has 0 aliphatic carbocycles. The summed E-state index contributed by atoms with van der Waals surface area (Å²) in [6.07, 6.45) is 1.51. The Morgan fingerprint density at radius 2 is 1.70 bits per heavy atom. The molecule has 3 aromatic carbocycles. The van der Waals surface area contributed by atoms with Crippen LogP contribution in [0.2, 0.25) is 5.02 Å². The Balaban J connectivity index is 1.78. The van der Waals surface area contributed by atoms with Crippen molar-refractivity contribution < 1.29 is 9.90 Å². The highest BCUT2D eigenvalue weighted by molar-refractivity contribution is 6.30. The number of fused-ring (bicyclic) bond motifs is 1. The molecular formula is C18H13ClN2O2. The number of aromatic hydroxyl groups is 1. The molecule has 0 unspecified atom stereocenters. The van der Waals surface area contributed by atoms with Gasteiger partial charge >= 0.3 is 0 Å². The second-order valence-electron chi connectivity index (χ2n) is 4.97. The molecule has 0 aliphatic rings. The Labute approximate surface area is 138 Å². The summed E-state index contributed by atoms with van der Waals surface area (Å²) >= 11 is 5.80. The molecule has 4 nitrogen and oxygen atoms in total. The van der Waals surface area contributed by atoms with Crippen LogP contribution in [0.5, 0.6) is 5.75 Å². The van der Waals surface area contributed by atoms with E-state index in [1.807, 2.05) is 24.3 Å². The van der Waals surface area contributed by atoms with Crippen LogP contribution in [-0.4, -0.2) is 17.2 Å². The second-order valence-corrected chi connectivity index (χ2v) is 5.40. The topological polar surface area (TPSA) is 61.7 Å². The molecule has 23 heavy (non-hydrogen) atoms. The van der Waals surface area contributed by atoms with E-state index in [1.165, 1.54) is 6.21 Å². The number of hydrogen-bond acceptors (Lipinski definition) is 3. The fourth-order valence-corrected chi connectivity index (χ4v) is 2.31. The summed E-state index contributed by atoms with van der Waals surface area (Å²) in [5, 5.41) is 16.3. The quantitative estimate of drug-likeness (QED) is 0.566. The molecule has 0 bridgehead atoms. The summed E-state index contributed by atoms with van der Waals surface area (Å²) in [6.45, 7) is 0. The summed E-state index contributed by atoms with van der Waals surface area (Å²) in [7, 11) is 0. The van der Waals surface area contributed by atoms with Crippen molar-refractivity contribution in [3.63, 3.8) is 0 Å². The van der Waals surface area contributed by atoms with Gasteiger partial charge in [0.1, 0.15) is 5.75 Å². The third-order valence-electron chi connectivity index (χ3n) is 3.36. The first kappa shape index (κ1) is 15.1. The van der Waals surface area contributed by atoms with Crippen molar-refractivity contribution in [1.82, 2.24) is 5.43 Å². The number of nitrogens with one attached hydrogen (secondary N) is 1. The molecule has 0 fully saturated rings.